The molecule has 1 aromatic heterocycles. The van der Waals surface area contributed by atoms with E-state index in [1.54, 1.807) is 0 Å². The summed E-state index contributed by atoms with van der Waals surface area (Å²) in [4.78, 5) is 3.28. The van der Waals surface area contributed by atoms with E-state index in [4.69, 9.17) is 0 Å². The zero-order chi connectivity index (χ0) is 12.8. The molecule has 18 heavy (non-hydrogen) atoms. The smallest absolute Gasteiger partial charge is 0.0454 e. The third-order valence-corrected chi connectivity index (χ3v) is 3.88. The molecule has 0 saturated heterocycles. The highest BCUT2D eigenvalue weighted by Gasteiger charge is 2.30. The molecule has 1 aliphatic heterocycles. The van der Waals surface area contributed by atoms with E-state index in [0.29, 0.717) is 6.04 Å². The number of nitrogens with one attached hydrogen (secondary N) is 2. The van der Waals surface area contributed by atoms with Crippen LogP contribution in [0.1, 0.15) is 32.8 Å². The second kappa shape index (κ2) is 3.91. The first-order chi connectivity index (χ1) is 8.56. The van der Waals surface area contributed by atoms with Crippen molar-refractivity contribution in [2.24, 2.45) is 0 Å². The Morgan fingerprint density at radius 2 is 2.06 bits per heavy atom. The van der Waals surface area contributed by atoms with Gasteiger partial charge in [0, 0.05) is 23.6 Å². The van der Waals surface area contributed by atoms with Gasteiger partial charge in [-0.15, -0.1) is 0 Å². The van der Waals surface area contributed by atoms with Crippen molar-refractivity contribution in [2.75, 3.05) is 5.32 Å². The molecule has 3 rings (SSSR count). The first-order valence-electron chi connectivity index (χ1n) is 6.61. The van der Waals surface area contributed by atoms with Crippen molar-refractivity contribution in [3.05, 3.63) is 42.1 Å². The van der Waals surface area contributed by atoms with Crippen molar-refractivity contribution < 1.29 is 0 Å². The number of fused-ring (bicyclic) bond motifs is 1. The van der Waals surface area contributed by atoms with Crippen LogP contribution < -0.4 is 5.32 Å². The summed E-state index contributed by atoms with van der Waals surface area (Å²) in [6.07, 6.45) is 3.15. The van der Waals surface area contributed by atoms with E-state index in [0.717, 1.165) is 0 Å². The predicted molar refractivity (Wildman–Crippen MR) is 77.0 cm³/mol. The summed E-state index contributed by atoms with van der Waals surface area (Å²) in [5.41, 5.74) is 5.40. The van der Waals surface area contributed by atoms with Gasteiger partial charge < -0.3 is 10.3 Å². The molecule has 2 aromatic rings. The largest absolute Gasteiger partial charge is 0.382 e. The quantitative estimate of drug-likeness (QED) is 0.769. The molecule has 2 nitrogen and oxygen atoms in total. The van der Waals surface area contributed by atoms with Crippen molar-refractivity contribution in [3.8, 4) is 11.3 Å². The first-order valence-corrected chi connectivity index (χ1v) is 6.61. The van der Waals surface area contributed by atoms with E-state index in [1.165, 1.54) is 28.9 Å². The third kappa shape index (κ3) is 1.82. The summed E-state index contributed by atoms with van der Waals surface area (Å²) < 4.78 is 0. The van der Waals surface area contributed by atoms with Crippen LogP contribution in [0.3, 0.4) is 0 Å². The average Bonchev–Trinajstić information content (AvgIpc) is 2.81. The summed E-state index contributed by atoms with van der Waals surface area (Å²) >= 11 is 0. The Kier molecular flexibility index (Phi) is 2.47. The topological polar surface area (TPSA) is 27.8 Å². The Balaban J connectivity index is 2.10. The monoisotopic (exact) mass is 240 g/mol. The number of benzene rings is 1. The minimum absolute atomic E-state index is 0.239. The number of aromatic amines is 1. The van der Waals surface area contributed by atoms with Crippen LogP contribution in [0.2, 0.25) is 0 Å². The molecule has 0 radical (unpaired) electrons. The molecule has 2 N–H and O–H groups in total. The molecule has 2 heterocycles. The molecule has 1 atom stereocenters. The van der Waals surface area contributed by atoms with E-state index in [2.05, 4.69) is 55.3 Å². The standard InChI is InChI=1S/C16H20N2/c1-11-10-16(2,3)13-9-12(6-7-15(13)18-11)14-5-4-8-17-14/h4-9,11,17-18H,10H2,1-3H3. The van der Waals surface area contributed by atoms with E-state index >= 15 is 0 Å². The van der Waals surface area contributed by atoms with Gasteiger partial charge in [0.1, 0.15) is 0 Å². The fourth-order valence-electron chi connectivity index (χ4n) is 3.10. The fraction of sp³-hybridized carbons (Fsp3) is 0.375. The molecular formula is C16H20N2. The number of aromatic nitrogens is 1. The molecule has 0 aliphatic carbocycles. The molecule has 94 valence electrons. The minimum Gasteiger partial charge on any atom is -0.382 e. The second-order valence-corrected chi connectivity index (χ2v) is 5.98. The highest BCUT2D eigenvalue weighted by atomic mass is 14.9. The van der Waals surface area contributed by atoms with Gasteiger partial charge in [-0.2, -0.15) is 0 Å². The zero-order valence-electron chi connectivity index (χ0n) is 11.2. The Bertz CT molecular complexity index is 552. The second-order valence-electron chi connectivity index (χ2n) is 5.98. The molecule has 1 aromatic carbocycles. The van der Waals surface area contributed by atoms with Crippen LogP contribution in [0.25, 0.3) is 11.3 Å². The van der Waals surface area contributed by atoms with Crippen molar-refractivity contribution in [1.29, 1.82) is 0 Å². The molecule has 1 unspecified atom stereocenters. The van der Waals surface area contributed by atoms with Gasteiger partial charge in [0.15, 0.2) is 0 Å². The lowest BCUT2D eigenvalue weighted by Gasteiger charge is -2.37. The van der Waals surface area contributed by atoms with Crippen LogP contribution in [0, 0.1) is 0 Å². The number of hydrogen-bond donors (Lipinski definition) is 2. The van der Waals surface area contributed by atoms with Crippen LogP contribution >= 0.6 is 0 Å². The molecule has 0 fully saturated rings. The lowest BCUT2D eigenvalue weighted by molar-refractivity contribution is 0.434. The van der Waals surface area contributed by atoms with Crippen molar-refractivity contribution in [2.45, 2.75) is 38.6 Å². The van der Waals surface area contributed by atoms with Gasteiger partial charge in [0.05, 0.1) is 0 Å². The molecule has 2 heteroatoms. The first kappa shape index (κ1) is 11.4. The van der Waals surface area contributed by atoms with Gasteiger partial charge in [-0.25, -0.2) is 0 Å². The lowest BCUT2D eigenvalue weighted by atomic mass is 9.75. The van der Waals surface area contributed by atoms with Crippen LogP contribution in [0.4, 0.5) is 5.69 Å². The maximum Gasteiger partial charge on any atom is 0.0454 e. The molecule has 0 spiro atoms. The van der Waals surface area contributed by atoms with Crippen molar-refractivity contribution >= 4 is 5.69 Å². The van der Waals surface area contributed by atoms with Gasteiger partial charge >= 0.3 is 0 Å². The maximum absolute atomic E-state index is 3.58. The molecule has 0 bridgehead atoms. The van der Waals surface area contributed by atoms with Gasteiger partial charge in [0.25, 0.3) is 0 Å². The van der Waals surface area contributed by atoms with E-state index in [9.17, 15) is 0 Å². The number of anilines is 1. The maximum atomic E-state index is 3.58. The predicted octanol–water partition coefficient (Wildman–Crippen LogP) is 4.16. The Morgan fingerprint density at radius 1 is 1.22 bits per heavy atom. The minimum atomic E-state index is 0.239. The van der Waals surface area contributed by atoms with Crippen LogP contribution in [-0.4, -0.2) is 11.0 Å². The lowest BCUT2D eigenvalue weighted by Crippen LogP contribution is -2.34. The number of hydrogen-bond acceptors (Lipinski definition) is 1. The average molecular weight is 240 g/mol. The Labute approximate surface area is 108 Å². The van der Waals surface area contributed by atoms with Gasteiger partial charge in [-0.3, -0.25) is 0 Å². The van der Waals surface area contributed by atoms with Crippen LogP contribution in [0.15, 0.2) is 36.5 Å². The van der Waals surface area contributed by atoms with Crippen molar-refractivity contribution in [1.82, 2.24) is 4.98 Å². The number of H-pyrrole nitrogens is 1. The summed E-state index contributed by atoms with van der Waals surface area (Å²) in [5.74, 6) is 0. The number of rotatable bonds is 1. The van der Waals surface area contributed by atoms with Gasteiger partial charge in [-0.1, -0.05) is 19.9 Å². The summed E-state index contributed by atoms with van der Waals surface area (Å²) in [7, 11) is 0. The van der Waals surface area contributed by atoms with Crippen LogP contribution in [-0.2, 0) is 5.41 Å². The fourth-order valence-corrected chi connectivity index (χ4v) is 3.10. The van der Waals surface area contributed by atoms with Gasteiger partial charge in [-0.05, 0) is 54.2 Å². The summed E-state index contributed by atoms with van der Waals surface area (Å²) in [6, 6.07) is 11.4. The molecular weight excluding hydrogens is 220 g/mol. The third-order valence-electron chi connectivity index (χ3n) is 3.88. The highest BCUT2D eigenvalue weighted by molar-refractivity contribution is 5.68. The van der Waals surface area contributed by atoms with Crippen LogP contribution in [0.5, 0.6) is 0 Å². The molecule has 0 saturated carbocycles. The van der Waals surface area contributed by atoms with E-state index in [1.807, 2.05) is 12.3 Å². The SMILES string of the molecule is CC1CC(C)(C)c2cc(-c3ccc[nH]3)ccc2N1. The molecule has 0 amide bonds. The Morgan fingerprint density at radius 3 is 2.78 bits per heavy atom. The van der Waals surface area contributed by atoms with Crippen molar-refractivity contribution in [3.63, 3.8) is 0 Å². The highest BCUT2D eigenvalue weighted by Crippen LogP contribution is 2.40. The summed E-state index contributed by atoms with van der Waals surface area (Å²) in [6.45, 7) is 6.92. The normalized spacial score (nSPS) is 21.2. The van der Waals surface area contributed by atoms with Gasteiger partial charge in [0.2, 0.25) is 0 Å². The van der Waals surface area contributed by atoms with E-state index < -0.39 is 0 Å². The molecule has 1 aliphatic rings. The zero-order valence-corrected chi connectivity index (χ0v) is 11.2. The Hall–Kier alpha value is -1.70. The van der Waals surface area contributed by atoms with E-state index in [-0.39, 0.29) is 5.41 Å². The summed E-state index contributed by atoms with van der Waals surface area (Å²) in [5, 5.41) is 3.58.